The van der Waals surface area contributed by atoms with Gasteiger partial charge in [-0.25, -0.2) is 0 Å². The largest absolute Gasteiger partial charge is 0.381 e. The molecular formula is C16H23Cl2NO. The summed E-state index contributed by atoms with van der Waals surface area (Å²) in [4.78, 5) is 0. The van der Waals surface area contributed by atoms with Crippen molar-refractivity contribution in [1.82, 2.24) is 5.32 Å². The predicted molar refractivity (Wildman–Crippen MR) is 85.8 cm³/mol. The zero-order chi connectivity index (χ0) is 14.4. The van der Waals surface area contributed by atoms with Gasteiger partial charge >= 0.3 is 0 Å². The molecule has 0 bridgehead atoms. The molecule has 1 heterocycles. The van der Waals surface area contributed by atoms with Gasteiger partial charge in [0, 0.05) is 19.3 Å². The quantitative estimate of drug-likeness (QED) is 0.808. The van der Waals surface area contributed by atoms with Crippen LogP contribution in [0.3, 0.4) is 0 Å². The van der Waals surface area contributed by atoms with E-state index in [1.165, 1.54) is 18.4 Å². The van der Waals surface area contributed by atoms with Gasteiger partial charge in [0.15, 0.2) is 0 Å². The van der Waals surface area contributed by atoms with E-state index in [0.717, 1.165) is 32.6 Å². The molecule has 1 aliphatic heterocycles. The van der Waals surface area contributed by atoms with Crippen LogP contribution in [0.4, 0.5) is 0 Å². The number of nitrogens with one attached hydrogen (secondary N) is 1. The van der Waals surface area contributed by atoms with Crippen molar-refractivity contribution in [1.29, 1.82) is 0 Å². The fourth-order valence-electron chi connectivity index (χ4n) is 2.71. The third kappa shape index (κ3) is 4.92. The van der Waals surface area contributed by atoms with E-state index in [2.05, 4.69) is 18.3 Å². The van der Waals surface area contributed by atoms with Gasteiger partial charge in [0.25, 0.3) is 0 Å². The van der Waals surface area contributed by atoms with E-state index in [1.54, 1.807) is 0 Å². The van der Waals surface area contributed by atoms with E-state index in [1.807, 2.05) is 12.1 Å². The van der Waals surface area contributed by atoms with Gasteiger partial charge in [-0.2, -0.15) is 0 Å². The molecule has 2 rings (SSSR count). The monoisotopic (exact) mass is 315 g/mol. The van der Waals surface area contributed by atoms with Crippen molar-refractivity contribution in [3.8, 4) is 0 Å². The van der Waals surface area contributed by atoms with Crippen molar-refractivity contribution >= 4 is 23.2 Å². The second-order valence-electron chi connectivity index (χ2n) is 5.57. The molecule has 4 heteroatoms. The van der Waals surface area contributed by atoms with Gasteiger partial charge in [0.05, 0.1) is 10.0 Å². The minimum Gasteiger partial charge on any atom is -0.381 e. The molecule has 112 valence electrons. The minimum atomic E-state index is 0.485. The third-order valence-corrected chi connectivity index (χ3v) is 4.53. The summed E-state index contributed by atoms with van der Waals surface area (Å²) >= 11 is 12.1. The lowest BCUT2D eigenvalue weighted by Gasteiger charge is -2.21. The average Bonchev–Trinajstić information content (AvgIpc) is 2.93. The summed E-state index contributed by atoms with van der Waals surface area (Å²) in [6.45, 7) is 5.07. The molecule has 1 aliphatic rings. The van der Waals surface area contributed by atoms with E-state index in [9.17, 15) is 0 Å². The maximum Gasteiger partial charge on any atom is 0.0595 e. The van der Waals surface area contributed by atoms with Crippen molar-refractivity contribution in [2.75, 3.05) is 19.8 Å². The number of hydrogen-bond donors (Lipinski definition) is 1. The van der Waals surface area contributed by atoms with Crippen molar-refractivity contribution < 1.29 is 4.74 Å². The average molecular weight is 316 g/mol. The first-order chi connectivity index (χ1) is 9.69. The topological polar surface area (TPSA) is 21.3 Å². The molecule has 0 amide bonds. The maximum absolute atomic E-state index is 6.10. The smallest absolute Gasteiger partial charge is 0.0595 e. The van der Waals surface area contributed by atoms with E-state index in [4.69, 9.17) is 27.9 Å². The number of hydrogen-bond acceptors (Lipinski definition) is 2. The molecule has 20 heavy (non-hydrogen) atoms. The zero-order valence-corrected chi connectivity index (χ0v) is 13.5. The lowest BCUT2D eigenvalue weighted by molar-refractivity contribution is 0.181. The molecule has 1 aromatic carbocycles. The SMILES string of the molecule is CCCNC(Cc1ccc(Cl)c(Cl)c1)CC1CCOC1. The Morgan fingerprint density at radius 2 is 2.20 bits per heavy atom. The summed E-state index contributed by atoms with van der Waals surface area (Å²) in [5.74, 6) is 0.687. The van der Waals surface area contributed by atoms with Gasteiger partial charge < -0.3 is 10.1 Å². The van der Waals surface area contributed by atoms with E-state index < -0.39 is 0 Å². The van der Waals surface area contributed by atoms with Crippen LogP contribution in [0, 0.1) is 5.92 Å². The molecule has 1 saturated heterocycles. The molecule has 0 aliphatic carbocycles. The van der Waals surface area contributed by atoms with Crippen molar-refractivity contribution in [2.45, 2.75) is 38.6 Å². The van der Waals surface area contributed by atoms with Crippen LogP contribution in [0.5, 0.6) is 0 Å². The first kappa shape index (κ1) is 16.1. The predicted octanol–water partition coefficient (Wildman–Crippen LogP) is 4.33. The highest BCUT2D eigenvalue weighted by atomic mass is 35.5. The van der Waals surface area contributed by atoms with Gasteiger partial charge in [0.1, 0.15) is 0 Å². The molecule has 0 saturated carbocycles. The van der Waals surface area contributed by atoms with Crippen LogP contribution in [0.2, 0.25) is 10.0 Å². The highest BCUT2D eigenvalue weighted by molar-refractivity contribution is 6.42. The first-order valence-corrected chi connectivity index (χ1v) is 8.19. The van der Waals surface area contributed by atoms with Gasteiger partial charge in [0.2, 0.25) is 0 Å². The Bertz CT molecular complexity index is 419. The molecule has 0 spiro atoms. The van der Waals surface area contributed by atoms with Crippen LogP contribution in [0.25, 0.3) is 0 Å². The molecule has 2 atom stereocenters. The van der Waals surface area contributed by atoms with Crippen LogP contribution in [-0.4, -0.2) is 25.8 Å². The summed E-state index contributed by atoms with van der Waals surface area (Å²) in [7, 11) is 0. The molecule has 2 nitrogen and oxygen atoms in total. The maximum atomic E-state index is 6.10. The Morgan fingerprint density at radius 1 is 1.35 bits per heavy atom. The Labute approximate surface area is 131 Å². The van der Waals surface area contributed by atoms with Crippen LogP contribution < -0.4 is 5.32 Å². The molecule has 1 fully saturated rings. The highest BCUT2D eigenvalue weighted by Crippen LogP contribution is 2.25. The molecule has 0 radical (unpaired) electrons. The summed E-state index contributed by atoms with van der Waals surface area (Å²) in [5.41, 5.74) is 1.24. The lowest BCUT2D eigenvalue weighted by atomic mass is 9.94. The van der Waals surface area contributed by atoms with E-state index in [0.29, 0.717) is 22.0 Å². The molecule has 1 aromatic rings. The fourth-order valence-corrected chi connectivity index (χ4v) is 3.03. The van der Waals surface area contributed by atoms with E-state index in [-0.39, 0.29) is 0 Å². The fraction of sp³-hybridized carbons (Fsp3) is 0.625. The minimum absolute atomic E-state index is 0.485. The number of halogens is 2. The molecular weight excluding hydrogens is 293 g/mol. The van der Waals surface area contributed by atoms with Crippen LogP contribution in [-0.2, 0) is 11.2 Å². The lowest BCUT2D eigenvalue weighted by Crippen LogP contribution is -2.34. The Kier molecular flexibility index (Phi) is 6.63. The van der Waals surface area contributed by atoms with Gasteiger partial charge in [-0.1, -0.05) is 36.2 Å². The number of rotatable bonds is 7. The second kappa shape index (κ2) is 8.23. The third-order valence-electron chi connectivity index (χ3n) is 3.79. The highest BCUT2D eigenvalue weighted by Gasteiger charge is 2.20. The summed E-state index contributed by atoms with van der Waals surface area (Å²) < 4.78 is 5.48. The van der Waals surface area contributed by atoms with Crippen molar-refractivity contribution in [3.63, 3.8) is 0 Å². The number of ether oxygens (including phenoxy) is 1. The molecule has 2 unspecified atom stereocenters. The Hall–Kier alpha value is -0.280. The summed E-state index contributed by atoms with van der Waals surface area (Å²) in [6.07, 6.45) is 4.50. The first-order valence-electron chi connectivity index (χ1n) is 7.44. The molecule has 0 aromatic heterocycles. The van der Waals surface area contributed by atoms with Crippen LogP contribution >= 0.6 is 23.2 Å². The number of benzene rings is 1. The molecule has 1 N–H and O–H groups in total. The summed E-state index contributed by atoms with van der Waals surface area (Å²) in [5, 5.41) is 4.91. The second-order valence-corrected chi connectivity index (χ2v) is 6.38. The summed E-state index contributed by atoms with van der Waals surface area (Å²) in [6, 6.07) is 6.42. The van der Waals surface area contributed by atoms with Gasteiger partial charge in [-0.15, -0.1) is 0 Å². The Balaban J connectivity index is 1.95. The normalized spacial score (nSPS) is 20.2. The Morgan fingerprint density at radius 3 is 2.85 bits per heavy atom. The van der Waals surface area contributed by atoms with Gasteiger partial charge in [-0.05, 0) is 55.8 Å². The van der Waals surface area contributed by atoms with Crippen LogP contribution in [0.15, 0.2) is 18.2 Å². The zero-order valence-electron chi connectivity index (χ0n) is 12.0. The van der Waals surface area contributed by atoms with Crippen molar-refractivity contribution in [2.24, 2.45) is 5.92 Å². The van der Waals surface area contributed by atoms with Crippen molar-refractivity contribution in [3.05, 3.63) is 33.8 Å². The van der Waals surface area contributed by atoms with Gasteiger partial charge in [-0.3, -0.25) is 0 Å². The van der Waals surface area contributed by atoms with Crippen LogP contribution in [0.1, 0.15) is 31.7 Å². The standard InChI is InChI=1S/C16H23Cl2NO/c1-2-6-19-14(9-13-5-7-20-11-13)8-12-3-4-15(17)16(18)10-12/h3-4,10,13-14,19H,2,5-9,11H2,1H3. The van der Waals surface area contributed by atoms with E-state index >= 15 is 0 Å².